The molecule has 0 atom stereocenters. The number of anilines is 1. The molecule has 0 aliphatic carbocycles. The lowest BCUT2D eigenvalue weighted by molar-refractivity contribution is -0.384. The van der Waals surface area contributed by atoms with Gasteiger partial charge in [-0.25, -0.2) is 4.99 Å². The predicted octanol–water partition coefficient (Wildman–Crippen LogP) is 0.449. The average Bonchev–Trinajstić information content (AvgIpc) is 2.39. The van der Waals surface area contributed by atoms with Crippen molar-refractivity contribution in [2.75, 3.05) is 5.32 Å². The first kappa shape index (κ1) is 15.4. The molecule has 2 rings (SSSR count). The first-order valence-corrected chi connectivity index (χ1v) is 6.59. The SMILES string of the molecule is Cc1cc(C)nc([NH+]=C(N)Nc2cc([N+](=O)[O-])ccc2C)n1. The average molecular weight is 301 g/mol. The Labute approximate surface area is 127 Å². The summed E-state index contributed by atoms with van der Waals surface area (Å²) in [4.78, 5) is 21.6. The standard InChI is InChI=1S/C14H16N6O2/c1-8-4-5-11(20(21)22)7-12(8)18-13(15)19-14-16-9(2)6-10(3)17-14/h4-7H,1-3H3,(H3,15,16,17,18,19)/p+1. The summed E-state index contributed by atoms with van der Waals surface area (Å²) in [6, 6.07) is 6.37. The number of rotatable bonds is 3. The van der Waals surface area contributed by atoms with E-state index < -0.39 is 4.92 Å². The lowest BCUT2D eigenvalue weighted by Gasteiger charge is -2.05. The van der Waals surface area contributed by atoms with Crippen LogP contribution in [0.2, 0.25) is 0 Å². The Bertz CT molecular complexity index is 737. The van der Waals surface area contributed by atoms with E-state index in [1.54, 1.807) is 6.07 Å². The molecule has 0 saturated heterocycles. The Balaban J connectivity index is 2.28. The second-order valence-corrected chi connectivity index (χ2v) is 4.89. The number of nitro groups is 1. The summed E-state index contributed by atoms with van der Waals surface area (Å²) in [6.07, 6.45) is 0. The van der Waals surface area contributed by atoms with E-state index >= 15 is 0 Å². The van der Waals surface area contributed by atoms with E-state index in [1.807, 2.05) is 26.8 Å². The molecular formula is C14H17N6O2+. The molecule has 0 fully saturated rings. The van der Waals surface area contributed by atoms with Crippen LogP contribution in [0.1, 0.15) is 17.0 Å². The Morgan fingerprint density at radius 1 is 1.23 bits per heavy atom. The largest absolute Gasteiger partial charge is 0.354 e. The molecule has 0 spiro atoms. The van der Waals surface area contributed by atoms with Crippen LogP contribution in [0.25, 0.3) is 0 Å². The molecular weight excluding hydrogens is 284 g/mol. The van der Waals surface area contributed by atoms with Gasteiger partial charge in [0, 0.05) is 18.2 Å². The first-order valence-electron chi connectivity index (χ1n) is 6.59. The van der Waals surface area contributed by atoms with Gasteiger partial charge in [-0.3, -0.25) is 15.4 Å². The number of aryl methyl sites for hydroxylation is 3. The number of non-ortho nitro benzene ring substituents is 1. The third kappa shape index (κ3) is 3.75. The van der Waals surface area contributed by atoms with Crippen molar-refractivity contribution in [3.05, 3.63) is 51.3 Å². The molecule has 0 saturated carbocycles. The quantitative estimate of drug-likeness (QED) is 0.327. The van der Waals surface area contributed by atoms with Gasteiger partial charge in [-0.05, 0) is 32.4 Å². The Kier molecular flexibility index (Phi) is 4.31. The molecule has 0 unspecified atom stereocenters. The number of hydrogen-bond donors (Lipinski definition) is 3. The van der Waals surface area contributed by atoms with Crippen LogP contribution in [-0.2, 0) is 0 Å². The van der Waals surface area contributed by atoms with Gasteiger partial charge in [-0.15, -0.1) is 9.97 Å². The topological polar surface area (TPSA) is 121 Å². The van der Waals surface area contributed by atoms with Crippen molar-refractivity contribution < 1.29 is 9.92 Å². The second-order valence-electron chi connectivity index (χ2n) is 4.89. The molecule has 4 N–H and O–H groups in total. The van der Waals surface area contributed by atoms with E-state index in [9.17, 15) is 10.1 Å². The summed E-state index contributed by atoms with van der Waals surface area (Å²) < 4.78 is 0. The van der Waals surface area contributed by atoms with Crippen LogP contribution in [0.4, 0.5) is 17.3 Å². The number of nitrogens with one attached hydrogen (secondary N) is 2. The van der Waals surface area contributed by atoms with E-state index in [1.165, 1.54) is 12.1 Å². The predicted molar refractivity (Wildman–Crippen MR) is 82.8 cm³/mol. The minimum Gasteiger partial charge on any atom is -0.322 e. The van der Waals surface area contributed by atoms with Crippen LogP contribution >= 0.6 is 0 Å². The van der Waals surface area contributed by atoms with Gasteiger partial charge >= 0.3 is 5.95 Å². The van der Waals surface area contributed by atoms with Gasteiger partial charge in [0.1, 0.15) is 0 Å². The summed E-state index contributed by atoms with van der Waals surface area (Å²) in [6.45, 7) is 5.54. The van der Waals surface area contributed by atoms with Crippen LogP contribution in [0.5, 0.6) is 0 Å². The summed E-state index contributed by atoms with van der Waals surface area (Å²) in [7, 11) is 0. The maximum atomic E-state index is 10.8. The van der Waals surface area contributed by atoms with Crippen LogP contribution in [0.15, 0.2) is 24.3 Å². The van der Waals surface area contributed by atoms with E-state index in [0.717, 1.165) is 17.0 Å². The van der Waals surface area contributed by atoms with Crippen LogP contribution < -0.4 is 16.0 Å². The molecule has 0 aliphatic rings. The Morgan fingerprint density at radius 2 is 1.86 bits per heavy atom. The van der Waals surface area contributed by atoms with Crippen molar-refractivity contribution in [1.29, 1.82) is 0 Å². The summed E-state index contributed by atoms with van der Waals surface area (Å²) in [5.74, 6) is 0.555. The fourth-order valence-corrected chi connectivity index (χ4v) is 1.94. The molecule has 0 bridgehead atoms. The third-order valence-electron chi connectivity index (χ3n) is 2.93. The van der Waals surface area contributed by atoms with Crippen molar-refractivity contribution in [3.8, 4) is 0 Å². The zero-order valence-electron chi connectivity index (χ0n) is 12.5. The van der Waals surface area contributed by atoms with Crippen molar-refractivity contribution in [3.63, 3.8) is 0 Å². The lowest BCUT2D eigenvalue weighted by Crippen LogP contribution is -2.72. The molecule has 2 aromatic rings. The normalized spacial score (nSPS) is 11.3. The highest BCUT2D eigenvalue weighted by molar-refractivity contribution is 5.89. The zero-order valence-corrected chi connectivity index (χ0v) is 12.5. The van der Waals surface area contributed by atoms with Gasteiger partial charge in [0.25, 0.3) is 11.6 Å². The second kappa shape index (κ2) is 6.17. The van der Waals surface area contributed by atoms with Crippen LogP contribution in [-0.4, -0.2) is 20.9 Å². The van der Waals surface area contributed by atoms with Crippen molar-refractivity contribution in [1.82, 2.24) is 9.97 Å². The fraction of sp³-hybridized carbons (Fsp3) is 0.214. The van der Waals surface area contributed by atoms with Gasteiger partial charge in [0.15, 0.2) is 0 Å². The van der Waals surface area contributed by atoms with E-state index in [4.69, 9.17) is 5.73 Å². The number of guanidine groups is 1. The van der Waals surface area contributed by atoms with E-state index in [2.05, 4.69) is 20.3 Å². The highest BCUT2D eigenvalue weighted by Gasteiger charge is 2.11. The molecule has 1 aromatic heterocycles. The van der Waals surface area contributed by atoms with Gasteiger partial charge in [0.05, 0.1) is 22.0 Å². The molecule has 0 amide bonds. The molecule has 0 aliphatic heterocycles. The maximum Gasteiger partial charge on any atom is 0.354 e. The highest BCUT2D eigenvalue weighted by Crippen LogP contribution is 2.21. The van der Waals surface area contributed by atoms with Gasteiger partial charge in [-0.2, -0.15) is 0 Å². The van der Waals surface area contributed by atoms with E-state index in [-0.39, 0.29) is 11.6 Å². The highest BCUT2D eigenvalue weighted by atomic mass is 16.6. The summed E-state index contributed by atoms with van der Waals surface area (Å²) in [5, 5.41) is 13.7. The number of nitrogens with zero attached hydrogens (tertiary/aromatic N) is 3. The number of aromatic nitrogens is 2. The van der Waals surface area contributed by atoms with Crippen molar-refractivity contribution in [2.24, 2.45) is 5.73 Å². The molecule has 1 heterocycles. The number of hydrogen-bond acceptors (Lipinski definition) is 4. The maximum absolute atomic E-state index is 10.8. The number of nitro benzene ring substituents is 1. The molecule has 1 aromatic carbocycles. The van der Waals surface area contributed by atoms with E-state index in [0.29, 0.717) is 11.6 Å². The van der Waals surface area contributed by atoms with Crippen molar-refractivity contribution in [2.45, 2.75) is 20.8 Å². The number of nitrogens with two attached hydrogens (primary N) is 1. The fourth-order valence-electron chi connectivity index (χ4n) is 1.94. The van der Waals surface area contributed by atoms with Gasteiger partial charge in [-0.1, -0.05) is 0 Å². The smallest absolute Gasteiger partial charge is 0.322 e. The van der Waals surface area contributed by atoms with Crippen LogP contribution in [0, 0.1) is 30.9 Å². The zero-order chi connectivity index (χ0) is 16.3. The minimum atomic E-state index is -0.457. The Hall–Kier alpha value is -3.03. The Morgan fingerprint density at radius 3 is 2.45 bits per heavy atom. The van der Waals surface area contributed by atoms with Crippen LogP contribution in [0.3, 0.4) is 0 Å². The number of benzene rings is 1. The summed E-state index contributed by atoms with van der Waals surface area (Å²) >= 11 is 0. The minimum absolute atomic E-state index is 0.0106. The third-order valence-corrected chi connectivity index (χ3v) is 2.93. The van der Waals surface area contributed by atoms with Gasteiger partial charge < -0.3 is 5.73 Å². The molecule has 0 radical (unpaired) electrons. The molecule has 8 nitrogen and oxygen atoms in total. The monoisotopic (exact) mass is 301 g/mol. The van der Waals surface area contributed by atoms with Gasteiger partial charge in [0.2, 0.25) is 0 Å². The lowest BCUT2D eigenvalue weighted by atomic mass is 10.2. The summed E-state index contributed by atoms with van der Waals surface area (Å²) in [5.41, 5.74) is 8.87. The first-order chi connectivity index (χ1) is 10.3. The molecule has 22 heavy (non-hydrogen) atoms. The van der Waals surface area contributed by atoms with Crippen molar-refractivity contribution >= 4 is 23.3 Å². The molecule has 114 valence electrons. The molecule has 8 heteroatoms.